The van der Waals surface area contributed by atoms with Crippen molar-refractivity contribution in [2.75, 3.05) is 27.9 Å². The maximum absolute atomic E-state index is 12.7. The second-order valence-electron chi connectivity index (χ2n) is 6.52. The van der Waals surface area contributed by atoms with Gasteiger partial charge in [0.25, 0.3) is 0 Å². The van der Waals surface area contributed by atoms with Crippen molar-refractivity contribution < 1.29 is 28.5 Å². The molecule has 0 unspecified atom stereocenters. The van der Waals surface area contributed by atoms with Crippen LogP contribution in [0.25, 0.3) is 16.9 Å². The molecule has 3 rings (SSSR count). The van der Waals surface area contributed by atoms with E-state index in [0.717, 1.165) is 6.42 Å². The van der Waals surface area contributed by atoms with E-state index >= 15 is 0 Å². The summed E-state index contributed by atoms with van der Waals surface area (Å²) >= 11 is 0. The van der Waals surface area contributed by atoms with Gasteiger partial charge in [0.2, 0.25) is 0 Å². The van der Waals surface area contributed by atoms with Crippen molar-refractivity contribution >= 4 is 11.9 Å². The lowest BCUT2D eigenvalue weighted by Gasteiger charge is -2.11. The largest absolute Gasteiger partial charge is 0.493 e. The summed E-state index contributed by atoms with van der Waals surface area (Å²) < 4.78 is 22.4. The monoisotopic (exact) mass is 424 g/mol. The summed E-state index contributed by atoms with van der Waals surface area (Å²) in [7, 11) is 4.04. The van der Waals surface area contributed by atoms with Crippen LogP contribution in [0.2, 0.25) is 0 Å². The highest BCUT2D eigenvalue weighted by Gasteiger charge is 2.31. The van der Waals surface area contributed by atoms with Gasteiger partial charge in [-0.1, -0.05) is 25.1 Å². The minimum absolute atomic E-state index is 0.00446. The molecule has 0 atom stereocenters. The molecular formula is C23H24N2O6. The Bertz CT molecular complexity index is 1080. The first-order valence-electron chi connectivity index (χ1n) is 9.71. The van der Waals surface area contributed by atoms with Crippen LogP contribution in [-0.4, -0.2) is 49.7 Å². The topological polar surface area (TPSA) is 88.9 Å². The van der Waals surface area contributed by atoms with Gasteiger partial charge in [-0.3, -0.25) is 0 Å². The molecule has 0 aliphatic carbocycles. The molecule has 0 amide bonds. The highest BCUT2D eigenvalue weighted by atomic mass is 16.5. The Kier molecular flexibility index (Phi) is 6.92. The molecule has 0 aliphatic heterocycles. The van der Waals surface area contributed by atoms with Crippen LogP contribution in [0.3, 0.4) is 0 Å². The molecule has 0 saturated carbocycles. The first-order chi connectivity index (χ1) is 15.0. The van der Waals surface area contributed by atoms with Crippen molar-refractivity contribution in [1.82, 2.24) is 9.78 Å². The number of methoxy groups -OCH3 is 3. The minimum Gasteiger partial charge on any atom is -0.493 e. The quantitative estimate of drug-likeness (QED) is 0.507. The van der Waals surface area contributed by atoms with Crippen LogP contribution in [-0.2, 0) is 9.47 Å². The smallest absolute Gasteiger partial charge is 0.357 e. The molecule has 0 bridgehead atoms. The molecule has 0 N–H and O–H groups in total. The molecule has 162 valence electrons. The maximum atomic E-state index is 12.7. The Hall–Kier alpha value is -3.81. The lowest BCUT2D eigenvalue weighted by atomic mass is 10.0. The van der Waals surface area contributed by atoms with E-state index < -0.39 is 11.9 Å². The number of rotatable bonds is 8. The summed E-state index contributed by atoms with van der Waals surface area (Å²) in [6, 6.07) is 14.2. The zero-order chi connectivity index (χ0) is 22.4. The predicted molar refractivity (Wildman–Crippen MR) is 114 cm³/mol. The number of esters is 2. The zero-order valence-corrected chi connectivity index (χ0v) is 17.9. The lowest BCUT2D eigenvalue weighted by Crippen LogP contribution is -2.15. The molecule has 8 nitrogen and oxygen atoms in total. The van der Waals surface area contributed by atoms with E-state index in [1.54, 1.807) is 49.6 Å². The number of carbonyl (C=O) groups is 2. The van der Waals surface area contributed by atoms with Crippen LogP contribution in [0, 0.1) is 0 Å². The summed E-state index contributed by atoms with van der Waals surface area (Å²) in [6.45, 7) is 2.49. The highest BCUT2D eigenvalue weighted by molar-refractivity contribution is 6.06. The first kappa shape index (κ1) is 21.9. The van der Waals surface area contributed by atoms with Crippen molar-refractivity contribution in [2.45, 2.75) is 13.3 Å². The molecule has 0 spiro atoms. The molecular weight excluding hydrogens is 400 g/mol. The normalized spacial score (nSPS) is 10.5. The number of ether oxygens (including phenoxy) is 4. The molecule has 3 aromatic rings. The van der Waals surface area contributed by atoms with Crippen molar-refractivity contribution in [3.05, 3.63) is 59.8 Å². The van der Waals surface area contributed by atoms with E-state index in [1.165, 1.54) is 18.9 Å². The van der Waals surface area contributed by atoms with Gasteiger partial charge >= 0.3 is 11.9 Å². The molecule has 0 aliphatic rings. The third-order valence-electron chi connectivity index (χ3n) is 4.55. The second-order valence-corrected chi connectivity index (χ2v) is 6.52. The van der Waals surface area contributed by atoms with Gasteiger partial charge < -0.3 is 18.9 Å². The number of nitrogens with zero attached hydrogens (tertiary/aromatic N) is 2. The second kappa shape index (κ2) is 9.80. The molecule has 0 saturated heterocycles. The van der Waals surface area contributed by atoms with Gasteiger partial charge in [0.1, 0.15) is 11.3 Å². The molecule has 1 heterocycles. The molecule has 2 aromatic carbocycles. The standard InChI is InChI=1S/C23H24N2O6/c1-5-13-31-18-14-15(11-12-17(18)28-2)20-19(22(26)29-3)21(23(27)30-4)25(24-20)16-9-7-6-8-10-16/h6-12,14H,5,13H2,1-4H3. The zero-order valence-electron chi connectivity index (χ0n) is 17.9. The van der Waals surface area contributed by atoms with E-state index in [1.807, 2.05) is 13.0 Å². The molecule has 8 heteroatoms. The number of hydrogen-bond donors (Lipinski definition) is 0. The fraction of sp³-hybridized carbons (Fsp3) is 0.261. The van der Waals surface area contributed by atoms with E-state index in [0.29, 0.717) is 29.4 Å². The first-order valence-corrected chi connectivity index (χ1v) is 9.71. The third-order valence-corrected chi connectivity index (χ3v) is 4.55. The SMILES string of the molecule is CCCOc1cc(-c2nn(-c3ccccc3)c(C(=O)OC)c2C(=O)OC)ccc1OC. The van der Waals surface area contributed by atoms with Gasteiger partial charge in [-0.05, 0) is 36.8 Å². The minimum atomic E-state index is -0.709. The van der Waals surface area contributed by atoms with Crippen LogP contribution in [0.15, 0.2) is 48.5 Å². The van der Waals surface area contributed by atoms with Crippen molar-refractivity contribution in [3.63, 3.8) is 0 Å². The van der Waals surface area contributed by atoms with Crippen LogP contribution in [0.1, 0.15) is 34.2 Å². The van der Waals surface area contributed by atoms with Gasteiger partial charge in [-0.15, -0.1) is 0 Å². The Morgan fingerprint density at radius 2 is 1.65 bits per heavy atom. The number of benzene rings is 2. The highest BCUT2D eigenvalue weighted by Crippen LogP contribution is 2.35. The van der Waals surface area contributed by atoms with Crippen molar-refractivity contribution in [3.8, 4) is 28.4 Å². The van der Waals surface area contributed by atoms with Gasteiger partial charge in [0.15, 0.2) is 17.2 Å². The summed E-state index contributed by atoms with van der Waals surface area (Å²) in [6.07, 6.45) is 0.815. The molecule has 0 fully saturated rings. The summed E-state index contributed by atoms with van der Waals surface area (Å²) in [5, 5.41) is 4.58. The van der Waals surface area contributed by atoms with Gasteiger partial charge in [0.05, 0.1) is 33.6 Å². The Labute approximate surface area is 180 Å². The van der Waals surface area contributed by atoms with Crippen LogP contribution in [0.4, 0.5) is 0 Å². The summed E-state index contributed by atoms with van der Waals surface area (Å²) in [5.74, 6) is -0.359. The van der Waals surface area contributed by atoms with Crippen LogP contribution >= 0.6 is 0 Å². The van der Waals surface area contributed by atoms with Crippen molar-refractivity contribution in [1.29, 1.82) is 0 Å². The van der Waals surface area contributed by atoms with Crippen molar-refractivity contribution in [2.24, 2.45) is 0 Å². The average Bonchev–Trinajstić information content (AvgIpc) is 3.22. The van der Waals surface area contributed by atoms with E-state index in [4.69, 9.17) is 18.9 Å². The van der Waals surface area contributed by atoms with E-state index in [-0.39, 0.29) is 17.0 Å². The average molecular weight is 424 g/mol. The van der Waals surface area contributed by atoms with Gasteiger partial charge in [-0.25, -0.2) is 14.3 Å². The Balaban J connectivity index is 2.28. The number of hydrogen-bond acceptors (Lipinski definition) is 7. The Morgan fingerprint density at radius 1 is 0.935 bits per heavy atom. The molecule has 0 radical (unpaired) electrons. The fourth-order valence-electron chi connectivity index (χ4n) is 3.11. The Morgan fingerprint density at radius 3 is 2.26 bits per heavy atom. The van der Waals surface area contributed by atoms with Gasteiger partial charge in [0, 0.05) is 5.56 Å². The van der Waals surface area contributed by atoms with Crippen LogP contribution in [0.5, 0.6) is 11.5 Å². The summed E-state index contributed by atoms with van der Waals surface area (Å²) in [5.41, 5.74) is 1.40. The fourth-order valence-corrected chi connectivity index (χ4v) is 3.11. The van der Waals surface area contributed by atoms with Gasteiger partial charge in [-0.2, -0.15) is 5.10 Å². The molecule has 31 heavy (non-hydrogen) atoms. The predicted octanol–water partition coefficient (Wildman–Crippen LogP) is 3.91. The van der Waals surface area contributed by atoms with E-state index in [2.05, 4.69) is 5.10 Å². The third kappa shape index (κ3) is 4.37. The lowest BCUT2D eigenvalue weighted by molar-refractivity contribution is 0.0549. The summed E-state index contributed by atoms with van der Waals surface area (Å²) in [4.78, 5) is 25.4. The number of aromatic nitrogens is 2. The van der Waals surface area contributed by atoms with E-state index in [9.17, 15) is 9.59 Å². The molecule has 1 aromatic heterocycles. The number of para-hydroxylation sites is 1. The number of carbonyl (C=O) groups excluding carboxylic acids is 2. The van der Waals surface area contributed by atoms with Crippen LogP contribution < -0.4 is 9.47 Å². The maximum Gasteiger partial charge on any atom is 0.357 e.